The predicted octanol–water partition coefficient (Wildman–Crippen LogP) is 4.61. The second-order valence-corrected chi connectivity index (χ2v) is 6.96. The molecule has 2 aromatic rings. The van der Waals surface area contributed by atoms with E-state index < -0.39 is 0 Å². The summed E-state index contributed by atoms with van der Waals surface area (Å²) < 4.78 is 18.5. The molecule has 0 atom stereocenters. The molecule has 28 heavy (non-hydrogen) atoms. The van der Waals surface area contributed by atoms with Crippen LogP contribution in [0.2, 0.25) is 0 Å². The highest BCUT2D eigenvalue weighted by Crippen LogP contribution is 2.32. The molecule has 1 saturated carbocycles. The second-order valence-electron chi connectivity index (χ2n) is 6.96. The average molecular weight is 384 g/mol. The molecular weight excluding hydrogens is 359 g/mol. The van der Waals surface area contributed by atoms with Gasteiger partial charge >= 0.3 is 0 Å². The fraction of sp³-hybridized carbons (Fsp3) is 0.364. The molecular formula is C22H25FN2O3. The van der Waals surface area contributed by atoms with Crippen molar-refractivity contribution in [2.75, 3.05) is 17.2 Å². The van der Waals surface area contributed by atoms with Crippen molar-refractivity contribution in [1.29, 1.82) is 0 Å². The summed E-state index contributed by atoms with van der Waals surface area (Å²) in [6.45, 7) is 2.43. The average Bonchev–Trinajstić information content (AvgIpc) is 2.71. The Bertz CT molecular complexity index is 815. The first kappa shape index (κ1) is 19.9. The lowest BCUT2D eigenvalue weighted by molar-refractivity contribution is -0.125. The zero-order valence-electron chi connectivity index (χ0n) is 15.9. The van der Waals surface area contributed by atoms with Crippen LogP contribution >= 0.6 is 0 Å². The van der Waals surface area contributed by atoms with E-state index >= 15 is 0 Å². The van der Waals surface area contributed by atoms with Gasteiger partial charge in [-0.15, -0.1) is 0 Å². The van der Waals surface area contributed by atoms with Crippen LogP contribution in [0.25, 0.3) is 0 Å². The molecule has 2 amide bonds. The molecule has 0 heterocycles. The molecule has 5 nitrogen and oxygen atoms in total. The Kier molecular flexibility index (Phi) is 6.63. The highest BCUT2D eigenvalue weighted by atomic mass is 19.1. The molecule has 148 valence electrons. The first-order valence-electron chi connectivity index (χ1n) is 9.66. The summed E-state index contributed by atoms with van der Waals surface area (Å²) in [5.74, 6) is -0.0489. The van der Waals surface area contributed by atoms with Gasteiger partial charge in [-0.05, 0) is 69.0 Å². The molecule has 0 bridgehead atoms. The van der Waals surface area contributed by atoms with E-state index in [0.717, 1.165) is 0 Å². The minimum Gasteiger partial charge on any atom is -0.492 e. The Morgan fingerprint density at radius 2 is 1.50 bits per heavy atom. The highest BCUT2D eigenvalue weighted by molar-refractivity contribution is 5.95. The SMILES string of the molecule is CCOc1ccccc1NC(=O)C1CCC(C(=O)Nc2ccc(F)cc2)CC1. The van der Waals surface area contributed by atoms with Gasteiger partial charge in [0.15, 0.2) is 0 Å². The monoisotopic (exact) mass is 384 g/mol. The van der Waals surface area contributed by atoms with E-state index in [1.165, 1.54) is 12.1 Å². The Morgan fingerprint density at radius 3 is 2.11 bits per heavy atom. The summed E-state index contributed by atoms with van der Waals surface area (Å²) in [6.07, 6.45) is 2.62. The van der Waals surface area contributed by atoms with Gasteiger partial charge in [0.25, 0.3) is 0 Å². The van der Waals surface area contributed by atoms with Crippen LogP contribution in [-0.2, 0) is 9.59 Å². The predicted molar refractivity (Wildman–Crippen MR) is 107 cm³/mol. The molecule has 0 aliphatic heterocycles. The van der Waals surface area contributed by atoms with Crippen LogP contribution in [0.1, 0.15) is 32.6 Å². The maximum atomic E-state index is 13.0. The van der Waals surface area contributed by atoms with Crippen LogP contribution in [0.5, 0.6) is 5.75 Å². The zero-order valence-corrected chi connectivity index (χ0v) is 15.9. The first-order chi connectivity index (χ1) is 13.6. The van der Waals surface area contributed by atoms with E-state index in [1.54, 1.807) is 12.1 Å². The first-order valence-corrected chi connectivity index (χ1v) is 9.66. The number of hydrogen-bond acceptors (Lipinski definition) is 3. The van der Waals surface area contributed by atoms with Crippen LogP contribution in [0.4, 0.5) is 15.8 Å². The Morgan fingerprint density at radius 1 is 0.929 bits per heavy atom. The normalized spacial score (nSPS) is 18.9. The van der Waals surface area contributed by atoms with E-state index in [1.807, 2.05) is 31.2 Å². The van der Waals surface area contributed by atoms with Crippen LogP contribution < -0.4 is 15.4 Å². The number of carbonyl (C=O) groups is 2. The summed E-state index contributed by atoms with van der Waals surface area (Å²) in [4.78, 5) is 25.0. The summed E-state index contributed by atoms with van der Waals surface area (Å²) in [5, 5.41) is 5.78. The molecule has 0 saturated heterocycles. The largest absolute Gasteiger partial charge is 0.492 e. The van der Waals surface area contributed by atoms with Gasteiger partial charge in [-0.2, -0.15) is 0 Å². The van der Waals surface area contributed by atoms with Gasteiger partial charge in [0.2, 0.25) is 11.8 Å². The number of nitrogens with one attached hydrogen (secondary N) is 2. The van der Waals surface area contributed by atoms with Crippen molar-refractivity contribution in [3.05, 3.63) is 54.3 Å². The smallest absolute Gasteiger partial charge is 0.227 e. The van der Waals surface area contributed by atoms with Crippen molar-refractivity contribution in [2.24, 2.45) is 11.8 Å². The maximum Gasteiger partial charge on any atom is 0.227 e. The third-order valence-corrected chi connectivity index (χ3v) is 5.03. The fourth-order valence-corrected chi connectivity index (χ4v) is 3.48. The second kappa shape index (κ2) is 9.35. The van der Waals surface area contributed by atoms with Gasteiger partial charge < -0.3 is 15.4 Å². The van der Waals surface area contributed by atoms with Gasteiger partial charge in [0, 0.05) is 17.5 Å². The Hall–Kier alpha value is -2.89. The lowest BCUT2D eigenvalue weighted by Crippen LogP contribution is -2.32. The summed E-state index contributed by atoms with van der Waals surface area (Å²) in [5.41, 5.74) is 1.25. The molecule has 1 aliphatic rings. The molecule has 1 fully saturated rings. The number of carbonyl (C=O) groups excluding carboxylic acids is 2. The topological polar surface area (TPSA) is 67.4 Å². The molecule has 0 unspecified atom stereocenters. The van der Waals surface area contributed by atoms with Crippen LogP contribution in [0, 0.1) is 17.7 Å². The van der Waals surface area contributed by atoms with E-state index in [9.17, 15) is 14.0 Å². The van der Waals surface area contributed by atoms with Crippen molar-refractivity contribution < 1.29 is 18.7 Å². The molecule has 2 N–H and O–H groups in total. The summed E-state index contributed by atoms with van der Waals surface area (Å²) in [6, 6.07) is 13.1. The van der Waals surface area contributed by atoms with Crippen LogP contribution in [-0.4, -0.2) is 18.4 Å². The zero-order chi connectivity index (χ0) is 19.9. The third kappa shape index (κ3) is 5.09. The number of rotatable bonds is 6. The molecule has 0 radical (unpaired) electrons. The van der Waals surface area contributed by atoms with Crippen molar-refractivity contribution in [2.45, 2.75) is 32.6 Å². The van der Waals surface area contributed by atoms with Crippen molar-refractivity contribution in [1.82, 2.24) is 0 Å². The van der Waals surface area contributed by atoms with Gasteiger partial charge in [0.1, 0.15) is 11.6 Å². The molecule has 1 aliphatic carbocycles. The molecule has 0 spiro atoms. The number of anilines is 2. The lowest BCUT2D eigenvalue weighted by atomic mass is 9.81. The summed E-state index contributed by atoms with van der Waals surface area (Å²) in [7, 11) is 0. The van der Waals surface area contributed by atoms with E-state index in [4.69, 9.17) is 4.74 Å². The quantitative estimate of drug-likeness (QED) is 0.764. The number of benzene rings is 2. The number of amides is 2. The van der Waals surface area contributed by atoms with Crippen molar-refractivity contribution in [3.63, 3.8) is 0 Å². The van der Waals surface area contributed by atoms with Gasteiger partial charge in [-0.3, -0.25) is 9.59 Å². The fourth-order valence-electron chi connectivity index (χ4n) is 3.48. The minimum atomic E-state index is -0.338. The Balaban J connectivity index is 1.51. The van der Waals surface area contributed by atoms with E-state index in [-0.39, 0.29) is 29.5 Å². The standard InChI is InChI=1S/C22H25FN2O3/c1-2-28-20-6-4-3-5-19(20)25-22(27)16-9-7-15(8-10-16)21(26)24-18-13-11-17(23)12-14-18/h3-6,11-16H,2,7-10H2,1H3,(H,24,26)(H,25,27). The van der Waals surface area contributed by atoms with E-state index in [2.05, 4.69) is 10.6 Å². The number of ether oxygens (including phenoxy) is 1. The maximum absolute atomic E-state index is 13.0. The molecule has 3 rings (SSSR count). The van der Waals surface area contributed by atoms with Gasteiger partial charge in [-0.1, -0.05) is 12.1 Å². The lowest BCUT2D eigenvalue weighted by Gasteiger charge is -2.27. The number of halogens is 1. The number of hydrogen-bond donors (Lipinski definition) is 2. The summed E-state index contributed by atoms with van der Waals surface area (Å²) >= 11 is 0. The van der Waals surface area contributed by atoms with E-state index in [0.29, 0.717) is 49.4 Å². The van der Waals surface area contributed by atoms with Crippen LogP contribution in [0.3, 0.4) is 0 Å². The molecule has 2 aromatic carbocycles. The highest BCUT2D eigenvalue weighted by Gasteiger charge is 2.30. The Labute approximate surface area is 164 Å². The van der Waals surface area contributed by atoms with Crippen molar-refractivity contribution >= 4 is 23.2 Å². The molecule has 6 heteroatoms. The minimum absolute atomic E-state index is 0.0375. The van der Waals surface area contributed by atoms with Gasteiger partial charge in [0.05, 0.1) is 12.3 Å². The van der Waals surface area contributed by atoms with Crippen molar-refractivity contribution in [3.8, 4) is 5.75 Å². The number of para-hydroxylation sites is 2. The van der Waals surface area contributed by atoms with Gasteiger partial charge in [-0.25, -0.2) is 4.39 Å². The van der Waals surface area contributed by atoms with Crippen LogP contribution in [0.15, 0.2) is 48.5 Å². The molecule has 0 aromatic heterocycles. The third-order valence-electron chi connectivity index (χ3n) is 5.03.